The number of thiocarbonyl (C=S) groups is 1. The van der Waals surface area contributed by atoms with Gasteiger partial charge in [0.15, 0.2) is 0 Å². The minimum absolute atomic E-state index is 0.110. The van der Waals surface area contributed by atoms with Crippen LogP contribution in [-0.2, 0) is 10.0 Å². The molecule has 1 aromatic heterocycles. The van der Waals surface area contributed by atoms with Crippen molar-refractivity contribution in [2.45, 2.75) is 4.90 Å². The Labute approximate surface area is 110 Å². The van der Waals surface area contributed by atoms with Crippen molar-refractivity contribution in [3.05, 3.63) is 24.0 Å². The maximum absolute atomic E-state index is 11.8. The second-order valence-corrected chi connectivity index (χ2v) is 6.33. The summed E-state index contributed by atoms with van der Waals surface area (Å²) >= 11 is 6.30. The van der Waals surface area contributed by atoms with E-state index in [1.165, 1.54) is 18.3 Å². The van der Waals surface area contributed by atoms with E-state index in [0.717, 1.165) is 5.75 Å². The molecule has 0 saturated carbocycles. The van der Waals surface area contributed by atoms with Crippen LogP contribution in [0.25, 0.3) is 0 Å². The highest BCUT2D eigenvalue weighted by Gasteiger charge is 2.13. The summed E-state index contributed by atoms with van der Waals surface area (Å²) in [5.74, 6) is 0.720. The highest BCUT2D eigenvalue weighted by atomic mass is 32.2. The topological polar surface area (TPSA) is 85.1 Å². The number of hydrogen-bond donors (Lipinski definition) is 2. The highest BCUT2D eigenvalue weighted by molar-refractivity contribution is 7.98. The zero-order chi connectivity index (χ0) is 12.9. The van der Waals surface area contributed by atoms with Crippen molar-refractivity contribution >= 4 is 39.0 Å². The molecule has 1 heterocycles. The minimum atomic E-state index is -3.48. The van der Waals surface area contributed by atoms with E-state index in [1.54, 1.807) is 11.8 Å². The molecule has 0 radical (unpaired) electrons. The average Bonchev–Trinajstić information content (AvgIpc) is 2.29. The largest absolute Gasteiger partial charge is 0.388 e. The number of thioether (sulfide) groups is 1. The van der Waals surface area contributed by atoms with Crippen molar-refractivity contribution in [1.29, 1.82) is 0 Å². The third kappa shape index (κ3) is 4.23. The normalized spacial score (nSPS) is 11.4. The third-order valence-corrected chi connectivity index (χ3v) is 4.17. The minimum Gasteiger partial charge on any atom is -0.388 e. The Morgan fingerprint density at radius 1 is 1.59 bits per heavy atom. The molecule has 0 aliphatic carbocycles. The van der Waals surface area contributed by atoms with Gasteiger partial charge in [-0.25, -0.2) is 13.1 Å². The van der Waals surface area contributed by atoms with Crippen molar-refractivity contribution in [3.63, 3.8) is 0 Å². The third-order valence-electron chi connectivity index (χ3n) is 1.90. The van der Waals surface area contributed by atoms with Crippen LogP contribution in [0.3, 0.4) is 0 Å². The molecule has 17 heavy (non-hydrogen) atoms. The van der Waals surface area contributed by atoms with Crippen LogP contribution in [0.5, 0.6) is 0 Å². The molecule has 0 aliphatic rings. The van der Waals surface area contributed by atoms with Crippen LogP contribution < -0.4 is 10.5 Å². The number of nitrogens with two attached hydrogens (primary N) is 1. The zero-order valence-electron chi connectivity index (χ0n) is 9.21. The molecular weight excluding hydrogens is 278 g/mol. The summed E-state index contributed by atoms with van der Waals surface area (Å²) in [7, 11) is -3.48. The van der Waals surface area contributed by atoms with Crippen LogP contribution in [0, 0.1) is 0 Å². The summed E-state index contributed by atoms with van der Waals surface area (Å²) < 4.78 is 26.0. The number of hydrogen-bond acceptors (Lipinski definition) is 5. The van der Waals surface area contributed by atoms with Gasteiger partial charge in [0.25, 0.3) is 0 Å². The molecule has 94 valence electrons. The second kappa shape index (κ2) is 6.29. The molecule has 0 unspecified atom stereocenters. The van der Waals surface area contributed by atoms with Gasteiger partial charge < -0.3 is 5.73 Å². The first-order chi connectivity index (χ1) is 7.97. The van der Waals surface area contributed by atoms with Crippen LogP contribution in [0.4, 0.5) is 0 Å². The van der Waals surface area contributed by atoms with E-state index >= 15 is 0 Å². The molecule has 1 rings (SSSR count). The van der Waals surface area contributed by atoms with Crippen molar-refractivity contribution in [2.75, 3.05) is 18.6 Å². The van der Waals surface area contributed by atoms with Gasteiger partial charge in [-0.3, -0.25) is 4.98 Å². The lowest BCUT2D eigenvalue weighted by atomic mass is 10.3. The van der Waals surface area contributed by atoms with E-state index < -0.39 is 10.0 Å². The molecule has 0 amide bonds. The number of sulfonamides is 1. The molecule has 0 bridgehead atoms. The lowest BCUT2D eigenvalue weighted by Gasteiger charge is -2.06. The van der Waals surface area contributed by atoms with Crippen molar-refractivity contribution in [1.82, 2.24) is 9.71 Å². The van der Waals surface area contributed by atoms with E-state index in [0.29, 0.717) is 12.2 Å². The quantitative estimate of drug-likeness (QED) is 0.581. The van der Waals surface area contributed by atoms with Crippen LogP contribution in [0.1, 0.15) is 5.69 Å². The van der Waals surface area contributed by atoms with Gasteiger partial charge in [-0.05, 0) is 18.4 Å². The first kappa shape index (κ1) is 14.4. The molecule has 0 aliphatic heterocycles. The van der Waals surface area contributed by atoms with Crippen molar-refractivity contribution in [2.24, 2.45) is 5.73 Å². The van der Waals surface area contributed by atoms with Crippen LogP contribution in [0.2, 0.25) is 0 Å². The molecule has 8 heteroatoms. The number of nitrogens with one attached hydrogen (secondary N) is 1. The van der Waals surface area contributed by atoms with E-state index in [1.807, 2.05) is 6.26 Å². The van der Waals surface area contributed by atoms with Crippen LogP contribution >= 0.6 is 24.0 Å². The fraction of sp³-hybridized carbons (Fsp3) is 0.333. The summed E-state index contributed by atoms with van der Waals surface area (Å²) in [5.41, 5.74) is 5.78. The lowest BCUT2D eigenvalue weighted by molar-refractivity contribution is 0.584. The number of pyridine rings is 1. The zero-order valence-corrected chi connectivity index (χ0v) is 11.7. The smallest absolute Gasteiger partial charge is 0.242 e. The van der Waals surface area contributed by atoms with Crippen molar-refractivity contribution < 1.29 is 8.42 Å². The molecule has 0 atom stereocenters. The Morgan fingerprint density at radius 3 is 2.76 bits per heavy atom. The summed E-state index contributed by atoms with van der Waals surface area (Å²) in [6.45, 7) is 0.389. The maximum atomic E-state index is 11.8. The maximum Gasteiger partial charge on any atom is 0.242 e. The summed E-state index contributed by atoms with van der Waals surface area (Å²) in [5, 5.41) is 0. The Kier molecular flexibility index (Phi) is 5.31. The van der Waals surface area contributed by atoms with Gasteiger partial charge >= 0.3 is 0 Å². The van der Waals surface area contributed by atoms with Gasteiger partial charge in [-0.15, -0.1) is 0 Å². The molecule has 5 nitrogen and oxygen atoms in total. The summed E-state index contributed by atoms with van der Waals surface area (Å²) in [6, 6.07) is 2.92. The predicted molar refractivity (Wildman–Crippen MR) is 73.7 cm³/mol. The molecule has 0 aromatic carbocycles. The van der Waals surface area contributed by atoms with Gasteiger partial charge in [0.1, 0.15) is 9.88 Å². The molecule has 0 saturated heterocycles. The molecular formula is C9H13N3O2S3. The number of rotatable bonds is 6. The van der Waals surface area contributed by atoms with Crippen LogP contribution in [0.15, 0.2) is 23.2 Å². The molecule has 0 fully saturated rings. The Bertz CT molecular complexity index is 485. The fourth-order valence-corrected chi connectivity index (χ4v) is 2.58. The second-order valence-electron chi connectivity index (χ2n) is 3.13. The van der Waals surface area contributed by atoms with Gasteiger partial charge in [-0.1, -0.05) is 12.2 Å². The van der Waals surface area contributed by atoms with E-state index in [2.05, 4.69) is 9.71 Å². The predicted octanol–water partition coefficient (Wildman–Crippen LogP) is 0.357. The highest BCUT2D eigenvalue weighted by Crippen LogP contribution is 2.07. The monoisotopic (exact) mass is 291 g/mol. The molecule has 3 N–H and O–H groups in total. The average molecular weight is 291 g/mol. The standard InChI is InChI=1S/C9H13N3O2S3/c1-16-5-4-12-17(13,14)7-2-3-8(9(10)15)11-6-7/h2-3,6,12H,4-5H2,1H3,(H2,10,15). The van der Waals surface area contributed by atoms with E-state index in [9.17, 15) is 8.42 Å². The SMILES string of the molecule is CSCCNS(=O)(=O)c1ccc(C(N)=S)nc1. The van der Waals surface area contributed by atoms with Gasteiger partial charge in [0.2, 0.25) is 10.0 Å². The Balaban J connectivity index is 2.81. The number of aromatic nitrogens is 1. The van der Waals surface area contributed by atoms with E-state index in [4.69, 9.17) is 18.0 Å². The first-order valence-corrected chi connectivity index (χ1v) is 8.00. The summed E-state index contributed by atoms with van der Waals surface area (Å²) in [6.07, 6.45) is 3.16. The summed E-state index contributed by atoms with van der Waals surface area (Å²) in [4.78, 5) is 4.13. The van der Waals surface area contributed by atoms with Gasteiger partial charge in [-0.2, -0.15) is 11.8 Å². The molecule has 1 aromatic rings. The van der Waals surface area contributed by atoms with Gasteiger partial charge in [0.05, 0.1) is 5.69 Å². The Morgan fingerprint density at radius 2 is 2.29 bits per heavy atom. The number of nitrogens with zero attached hydrogens (tertiary/aromatic N) is 1. The lowest BCUT2D eigenvalue weighted by Crippen LogP contribution is -2.26. The molecule has 0 spiro atoms. The van der Waals surface area contributed by atoms with Crippen molar-refractivity contribution in [3.8, 4) is 0 Å². The van der Waals surface area contributed by atoms with Crippen LogP contribution in [-0.4, -0.2) is 36.9 Å². The first-order valence-electron chi connectivity index (χ1n) is 4.72. The van der Waals surface area contributed by atoms with E-state index in [-0.39, 0.29) is 9.88 Å². The fourth-order valence-electron chi connectivity index (χ4n) is 1.05. The Hall–Kier alpha value is -0.700. The van der Waals surface area contributed by atoms with Gasteiger partial charge in [0, 0.05) is 18.5 Å².